The number of carbonyl (C=O) groups excluding carboxylic acids is 3. The van der Waals surface area contributed by atoms with Crippen molar-refractivity contribution in [1.82, 2.24) is 0 Å². The van der Waals surface area contributed by atoms with Gasteiger partial charge >= 0.3 is 5.97 Å². The summed E-state index contributed by atoms with van der Waals surface area (Å²) in [6.07, 6.45) is 0. The lowest BCUT2D eigenvalue weighted by atomic mass is 10.1. The number of nitrogens with one attached hydrogen (secondary N) is 1. The Kier molecular flexibility index (Phi) is 5.35. The minimum Gasteiger partial charge on any atom is -0.450 e. The van der Waals surface area contributed by atoms with Gasteiger partial charge in [-0.15, -0.1) is 0 Å². The van der Waals surface area contributed by atoms with E-state index >= 15 is 0 Å². The first-order valence-corrected chi connectivity index (χ1v) is 8.46. The second-order valence-electron chi connectivity index (χ2n) is 6.20. The van der Waals surface area contributed by atoms with Gasteiger partial charge in [-0.05, 0) is 38.1 Å². The van der Waals surface area contributed by atoms with Crippen molar-refractivity contribution >= 4 is 34.3 Å². The fraction of sp³-hybridized carbons (Fsp3) is 0.143. The molecule has 0 bridgehead atoms. The van der Waals surface area contributed by atoms with Gasteiger partial charge in [-0.2, -0.15) is 0 Å². The maximum absolute atomic E-state index is 12.2. The van der Waals surface area contributed by atoms with Gasteiger partial charge in [0.25, 0.3) is 5.91 Å². The molecule has 7 nitrogen and oxygen atoms in total. The van der Waals surface area contributed by atoms with Crippen LogP contribution in [0.2, 0.25) is 0 Å². The molecule has 0 aliphatic carbocycles. The molecular formula is C21H17NO6. The van der Waals surface area contributed by atoms with E-state index in [0.29, 0.717) is 16.6 Å². The SMILES string of the molecule is CC(=O)c1ccccc1NC(=O)COC(=O)c1cc(=O)c2cc(C)ccc2o1. The van der Waals surface area contributed by atoms with Crippen LogP contribution in [0, 0.1) is 6.92 Å². The maximum Gasteiger partial charge on any atom is 0.374 e. The quantitative estimate of drug-likeness (QED) is 0.540. The van der Waals surface area contributed by atoms with Gasteiger partial charge in [0.15, 0.2) is 17.8 Å². The molecule has 0 fully saturated rings. The van der Waals surface area contributed by atoms with Gasteiger partial charge in [-0.1, -0.05) is 23.8 Å². The van der Waals surface area contributed by atoms with Crippen LogP contribution in [0.3, 0.4) is 0 Å². The summed E-state index contributed by atoms with van der Waals surface area (Å²) in [5, 5.41) is 2.87. The summed E-state index contributed by atoms with van der Waals surface area (Å²) < 4.78 is 10.3. The Morgan fingerprint density at radius 1 is 1.07 bits per heavy atom. The Morgan fingerprint density at radius 2 is 1.82 bits per heavy atom. The van der Waals surface area contributed by atoms with E-state index in [2.05, 4.69) is 5.32 Å². The molecular weight excluding hydrogens is 362 g/mol. The zero-order valence-electron chi connectivity index (χ0n) is 15.3. The van der Waals surface area contributed by atoms with Crippen molar-refractivity contribution in [3.8, 4) is 0 Å². The molecule has 1 aromatic heterocycles. The van der Waals surface area contributed by atoms with E-state index in [9.17, 15) is 19.2 Å². The standard InChI is InChI=1S/C21H17NO6/c1-12-7-8-18-15(9-12)17(24)10-19(28-18)21(26)27-11-20(25)22-16-6-4-3-5-14(16)13(2)23/h3-10H,11H2,1-2H3,(H,22,25). The summed E-state index contributed by atoms with van der Waals surface area (Å²) >= 11 is 0. The summed E-state index contributed by atoms with van der Waals surface area (Å²) in [5.41, 5.74) is 1.43. The second-order valence-corrected chi connectivity index (χ2v) is 6.20. The number of carbonyl (C=O) groups is 3. The van der Waals surface area contributed by atoms with Crippen molar-refractivity contribution in [2.75, 3.05) is 11.9 Å². The van der Waals surface area contributed by atoms with Crippen LogP contribution in [0.1, 0.15) is 33.4 Å². The fourth-order valence-electron chi connectivity index (χ4n) is 2.66. The lowest BCUT2D eigenvalue weighted by Gasteiger charge is -2.09. The minimum atomic E-state index is -0.936. The number of fused-ring (bicyclic) bond motifs is 1. The Bertz CT molecular complexity index is 1150. The smallest absolute Gasteiger partial charge is 0.374 e. The van der Waals surface area contributed by atoms with Gasteiger partial charge in [-0.3, -0.25) is 14.4 Å². The second kappa shape index (κ2) is 7.87. The van der Waals surface area contributed by atoms with E-state index in [0.717, 1.165) is 11.6 Å². The molecule has 1 N–H and O–H groups in total. The number of amides is 1. The van der Waals surface area contributed by atoms with Crippen molar-refractivity contribution in [3.05, 3.63) is 75.6 Å². The minimum absolute atomic E-state index is 0.207. The number of benzene rings is 2. The number of ether oxygens (including phenoxy) is 1. The van der Waals surface area contributed by atoms with Crippen molar-refractivity contribution in [2.45, 2.75) is 13.8 Å². The van der Waals surface area contributed by atoms with E-state index in [1.54, 1.807) is 42.5 Å². The molecule has 28 heavy (non-hydrogen) atoms. The normalized spacial score (nSPS) is 10.5. The van der Waals surface area contributed by atoms with Gasteiger partial charge in [-0.25, -0.2) is 4.79 Å². The van der Waals surface area contributed by atoms with Crippen molar-refractivity contribution in [2.24, 2.45) is 0 Å². The average Bonchev–Trinajstić information content (AvgIpc) is 2.66. The van der Waals surface area contributed by atoms with Crippen LogP contribution in [-0.4, -0.2) is 24.3 Å². The van der Waals surface area contributed by atoms with E-state index in [4.69, 9.17) is 9.15 Å². The molecule has 0 aliphatic rings. The highest BCUT2D eigenvalue weighted by molar-refractivity contribution is 6.04. The molecule has 2 aromatic carbocycles. The van der Waals surface area contributed by atoms with Crippen LogP contribution in [0.5, 0.6) is 0 Å². The number of hydrogen-bond donors (Lipinski definition) is 1. The molecule has 0 atom stereocenters. The van der Waals surface area contributed by atoms with Gasteiger partial charge in [0.05, 0.1) is 11.1 Å². The number of ketones is 1. The molecule has 0 saturated carbocycles. The first kappa shape index (κ1) is 19.0. The van der Waals surface area contributed by atoms with Crippen LogP contribution >= 0.6 is 0 Å². The van der Waals surface area contributed by atoms with Crippen LogP contribution < -0.4 is 10.7 Å². The molecule has 3 aromatic rings. The van der Waals surface area contributed by atoms with Gasteiger partial charge in [0, 0.05) is 11.6 Å². The summed E-state index contributed by atoms with van der Waals surface area (Å²) in [6.45, 7) is 2.62. The van der Waals surface area contributed by atoms with Crippen LogP contribution in [0.15, 0.2) is 57.7 Å². The molecule has 7 heteroatoms. The third kappa shape index (κ3) is 4.15. The number of anilines is 1. The zero-order valence-corrected chi connectivity index (χ0v) is 15.3. The lowest BCUT2D eigenvalue weighted by molar-refractivity contribution is -0.119. The highest BCUT2D eigenvalue weighted by Crippen LogP contribution is 2.16. The Morgan fingerprint density at radius 3 is 2.57 bits per heavy atom. The van der Waals surface area contributed by atoms with Crippen molar-refractivity contribution in [3.63, 3.8) is 0 Å². The molecule has 0 radical (unpaired) electrons. The largest absolute Gasteiger partial charge is 0.450 e. The monoisotopic (exact) mass is 379 g/mol. The highest BCUT2D eigenvalue weighted by Gasteiger charge is 2.16. The first-order valence-electron chi connectivity index (χ1n) is 8.46. The molecule has 0 spiro atoms. The van der Waals surface area contributed by atoms with Crippen LogP contribution in [0.25, 0.3) is 11.0 Å². The summed E-state index contributed by atoms with van der Waals surface area (Å²) in [6, 6.07) is 12.5. The summed E-state index contributed by atoms with van der Waals surface area (Å²) in [7, 11) is 0. The summed E-state index contributed by atoms with van der Waals surface area (Å²) in [4.78, 5) is 47.9. The van der Waals surface area contributed by atoms with E-state index in [-0.39, 0.29) is 22.6 Å². The fourth-order valence-corrected chi connectivity index (χ4v) is 2.66. The first-order chi connectivity index (χ1) is 13.3. The zero-order chi connectivity index (χ0) is 20.3. The Labute approximate surface area is 159 Å². The van der Waals surface area contributed by atoms with E-state index in [1.807, 2.05) is 6.92 Å². The van der Waals surface area contributed by atoms with Gasteiger partial charge < -0.3 is 14.5 Å². The van der Waals surface area contributed by atoms with Gasteiger partial charge in [0.2, 0.25) is 5.76 Å². The highest BCUT2D eigenvalue weighted by atomic mass is 16.5. The number of esters is 1. The van der Waals surface area contributed by atoms with Crippen molar-refractivity contribution < 1.29 is 23.5 Å². The third-order valence-corrected chi connectivity index (χ3v) is 4.00. The summed E-state index contributed by atoms with van der Waals surface area (Å²) in [5.74, 6) is -2.06. The number of hydrogen-bond acceptors (Lipinski definition) is 6. The number of rotatable bonds is 5. The third-order valence-electron chi connectivity index (χ3n) is 4.00. The molecule has 1 heterocycles. The molecule has 3 rings (SSSR count). The van der Waals surface area contributed by atoms with Crippen LogP contribution in [0.4, 0.5) is 5.69 Å². The predicted octanol–water partition coefficient (Wildman–Crippen LogP) is 3.10. The van der Waals surface area contributed by atoms with E-state index < -0.39 is 18.5 Å². The molecule has 0 unspecified atom stereocenters. The topological polar surface area (TPSA) is 103 Å². The number of para-hydroxylation sites is 1. The predicted molar refractivity (Wildman–Crippen MR) is 103 cm³/mol. The van der Waals surface area contributed by atoms with Crippen LogP contribution in [-0.2, 0) is 9.53 Å². The Balaban J connectivity index is 1.70. The average molecular weight is 379 g/mol. The maximum atomic E-state index is 12.2. The van der Waals surface area contributed by atoms with Crippen molar-refractivity contribution in [1.29, 1.82) is 0 Å². The number of Topliss-reactive ketones (excluding diaryl/α,β-unsaturated/α-hetero) is 1. The molecule has 0 saturated heterocycles. The Hall–Kier alpha value is -3.74. The number of aryl methyl sites for hydroxylation is 1. The van der Waals surface area contributed by atoms with Gasteiger partial charge in [0.1, 0.15) is 5.58 Å². The molecule has 142 valence electrons. The molecule has 1 amide bonds. The van der Waals surface area contributed by atoms with E-state index in [1.165, 1.54) is 6.92 Å². The molecule has 0 aliphatic heterocycles. The lowest BCUT2D eigenvalue weighted by Crippen LogP contribution is -2.22.